The third-order valence-corrected chi connectivity index (χ3v) is 3.26. The summed E-state index contributed by atoms with van der Waals surface area (Å²) in [6.45, 7) is 7.98. The minimum absolute atomic E-state index is 0.0300. The molecule has 1 N–H and O–H groups in total. The lowest BCUT2D eigenvalue weighted by Gasteiger charge is -2.08. The molecule has 88 valence electrons. The maximum Gasteiger partial charge on any atom is 0.196 e. The van der Waals surface area contributed by atoms with Crippen molar-refractivity contribution in [1.82, 2.24) is 10.2 Å². The van der Waals surface area contributed by atoms with E-state index in [2.05, 4.69) is 17.1 Å². The molecule has 2 aromatic rings. The summed E-state index contributed by atoms with van der Waals surface area (Å²) in [6, 6.07) is 3.88. The summed E-state index contributed by atoms with van der Waals surface area (Å²) in [5.74, 6) is 0.0300. The molecule has 0 aliphatic carbocycles. The average molecular weight is 228 g/mol. The van der Waals surface area contributed by atoms with Crippen LogP contribution in [0.3, 0.4) is 0 Å². The lowest BCUT2D eigenvalue weighted by atomic mass is 9.96. The molecule has 1 aromatic carbocycles. The zero-order chi connectivity index (χ0) is 12.6. The summed E-state index contributed by atoms with van der Waals surface area (Å²) < 4.78 is 0. The summed E-state index contributed by atoms with van der Waals surface area (Å²) in [5.41, 5.74) is 5.73. The van der Waals surface area contributed by atoms with Gasteiger partial charge in [0.1, 0.15) is 0 Å². The molecule has 0 saturated carbocycles. The first-order chi connectivity index (χ1) is 8.00. The molecular weight excluding hydrogens is 212 g/mol. The lowest BCUT2D eigenvalue weighted by molar-refractivity contribution is 0.103. The zero-order valence-corrected chi connectivity index (χ0v) is 10.6. The molecule has 1 aromatic heterocycles. The van der Waals surface area contributed by atoms with E-state index in [-0.39, 0.29) is 5.78 Å². The first kappa shape index (κ1) is 11.6. The van der Waals surface area contributed by atoms with Crippen LogP contribution in [0.15, 0.2) is 18.3 Å². The van der Waals surface area contributed by atoms with E-state index >= 15 is 0 Å². The molecule has 0 radical (unpaired) electrons. The van der Waals surface area contributed by atoms with Crippen molar-refractivity contribution in [2.24, 2.45) is 0 Å². The van der Waals surface area contributed by atoms with Gasteiger partial charge in [0.2, 0.25) is 0 Å². The van der Waals surface area contributed by atoms with Crippen molar-refractivity contribution < 1.29 is 4.79 Å². The van der Waals surface area contributed by atoms with Crippen molar-refractivity contribution in [1.29, 1.82) is 0 Å². The summed E-state index contributed by atoms with van der Waals surface area (Å²) in [5, 5.41) is 6.67. The van der Waals surface area contributed by atoms with E-state index in [4.69, 9.17) is 0 Å². The molecule has 0 fully saturated rings. The number of nitrogens with zero attached hydrogens (tertiary/aromatic N) is 1. The Kier molecular flexibility index (Phi) is 2.84. The number of hydrogen-bond donors (Lipinski definition) is 1. The van der Waals surface area contributed by atoms with Gasteiger partial charge in [-0.25, -0.2) is 0 Å². The number of benzene rings is 1. The second kappa shape index (κ2) is 4.17. The number of hydrogen-bond acceptors (Lipinski definition) is 2. The smallest absolute Gasteiger partial charge is 0.196 e. The van der Waals surface area contributed by atoms with Crippen molar-refractivity contribution in [2.45, 2.75) is 27.7 Å². The Morgan fingerprint density at radius 2 is 1.71 bits per heavy atom. The van der Waals surface area contributed by atoms with E-state index in [0.717, 1.165) is 22.4 Å². The van der Waals surface area contributed by atoms with E-state index < -0.39 is 0 Å². The third kappa shape index (κ3) is 2.00. The molecule has 0 amide bonds. The highest BCUT2D eigenvalue weighted by Gasteiger charge is 2.14. The Morgan fingerprint density at radius 1 is 1.12 bits per heavy atom. The monoisotopic (exact) mass is 228 g/mol. The molecule has 17 heavy (non-hydrogen) atoms. The molecule has 0 saturated heterocycles. The number of aromatic nitrogens is 2. The van der Waals surface area contributed by atoms with Gasteiger partial charge in [-0.2, -0.15) is 5.10 Å². The second-order valence-corrected chi connectivity index (χ2v) is 4.47. The zero-order valence-electron chi connectivity index (χ0n) is 10.6. The molecule has 3 heteroatoms. The van der Waals surface area contributed by atoms with Gasteiger partial charge in [-0.3, -0.25) is 9.89 Å². The van der Waals surface area contributed by atoms with E-state index in [0.29, 0.717) is 5.56 Å². The summed E-state index contributed by atoms with van der Waals surface area (Å²) in [7, 11) is 0. The van der Waals surface area contributed by atoms with Crippen LogP contribution < -0.4 is 0 Å². The number of nitrogens with one attached hydrogen (secondary N) is 1. The fraction of sp³-hybridized carbons (Fsp3) is 0.286. The van der Waals surface area contributed by atoms with E-state index in [1.54, 1.807) is 6.20 Å². The number of ketones is 1. The van der Waals surface area contributed by atoms with Crippen LogP contribution in [0.5, 0.6) is 0 Å². The molecule has 0 unspecified atom stereocenters. The Morgan fingerprint density at radius 3 is 2.18 bits per heavy atom. The summed E-state index contributed by atoms with van der Waals surface area (Å²) in [4.78, 5) is 12.3. The Hall–Kier alpha value is -1.90. The average Bonchev–Trinajstić information content (AvgIpc) is 2.70. The van der Waals surface area contributed by atoms with Gasteiger partial charge in [-0.1, -0.05) is 0 Å². The van der Waals surface area contributed by atoms with Crippen molar-refractivity contribution in [3.63, 3.8) is 0 Å². The molecule has 1 heterocycles. The van der Waals surface area contributed by atoms with Gasteiger partial charge in [0.25, 0.3) is 0 Å². The SMILES string of the molecule is Cc1cc(C(=O)c2cn[nH]c2C)cc(C)c1C. The molecule has 0 bridgehead atoms. The van der Waals surface area contributed by atoms with Gasteiger partial charge in [0.15, 0.2) is 5.78 Å². The Bertz CT molecular complexity index is 559. The number of H-pyrrole nitrogens is 1. The van der Waals surface area contributed by atoms with Gasteiger partial charge < -0.3 is 0 Å². The fourth-order valence-electron chi connectivity index (χ4n) is 1.90. The van der Waals surface area contributed by atoms with Crippen LogP contribution in [0, 0.1) is 27.7 Å². The van der Waals surface area contributed by atoms with Crippen LogP contribution >= 0.6 is 0 Å². The third-order valence-electron chi connectivity index (χ3n) is 3.26. The highest BCUT2D eigenvalue weighted by Crippen LogP contribution is 2.18. The van der Waals surface area contributed by atoms with E-state index in [9.17, 15) is 4.79 Å². The van der Waals surface area contributed by atoms with Gasteiger partial charge >= 0.3 is 0 Å². The van der Waals surface area contributed by atoms with Crippen LogP contribution in [0.1, 0.15) is 38.3 Å². The van der Waals surface area contributed by atoms with E-state index in [1.165, 1.54) is 5.56 Å². The predicted octanol–water partition coefficient (Wildman–Crippen LogP) is 2.87. The molecular formula is C14H16N2O. The Labute approximate surface area is 101 Å². The highest BCUT2D eigenvalue weighted by atomic mass is 16.1. The number of aromatic amines is 1. The topological polar surface area (TPSA) is 45.8 Å². The number of rotatable bonds is 2. The lowest BCUT2D eigenvalue weighted by Crippen LogP contribution is -2.04. The number of aryl methyl sites for hydroxylation is 3. The highest BCUT2D eigenvalue weighted by molar-refractivity contribution is 6.09. The largest absolute Gasteiger partial charge is 0.288 e. The minimum atomic E-state index is 0.0300. The normalized spacial score (nSPS) is 10.6. The van der Waals surface area contributed by atoms with E-state index in [1.807, 2.05) is 32.9 Å². The molecule has 3 nitrogen and oxygen atoms in total. The van der Waals surface area contributed by atoms with Crippen molar-refractivity contribution >= 4 is 5.78 Å². The summed E-state index contributed by atoms with van der Waals surface area (Å²) >= 11 is 0. The van der Waals surface area contributed by atoms with Crippen molar-refractivity contribution in [3.8, 4) is 0 Å². The molecule has 0 spiro atoms. The van der Waals surface area contributed by atoms with Gasteiger partial charge in [0.05, 0.1) is 11.8 Å². The molecule has 0 aliphatic heterocycles. The van der Waals surface area contributed by atoms with Crippen LogP contribution in [0.25, 0.3) is 0 Å². The van der Waals surface area contributed by atoms with Gasteiger partial charge in [-0.15, -0.1) is 0 Å². The predicted molar refractivity (Wildman–Crippen MR) is 67.4 cm³/mol. The molecule has 2 rings (SSSR count). The first-order valence-electron chi connectivity index (χ1n) is 5.63. The standard InChI is InChI=1S/C14H16N2O/c1-8-5-12(6-9(2)10(8)3)14(17)13-7-15-16-11(13)4/h5-7H,1-4H3,(H,15,16). The van der Waals surface area contributed by atoms with Gasteiger partial charge in [0, 0.05) is 11.3 Å². The van der Waals surface area contributed by atoms with Gasteiger partial charge in [-0.05, 0) is 56.5 Å². The van der Waals surface area contributed by atoms with Crippen LogP contribution in [-0.4, -0.2) is 16.0 Å². The molecule has 0 atom stereocenters. The van der Waals surface area contributed by atoms with Crippen LogP contribution in [0.4, 0.5) is 0 Å². The first-order valence-corrected chi connectivity index (χ1v) is 5.63. The minimum Gasteiger partial charge on any atom is -0.288 e. The van der Waals surface area contributed by atoms with Crippen molar-refractivity contribution in [3.05, 3.63) is 51.8 Å². The fourth-order valence-corrected chi connectivity index (χ4v) is 1.90. The summed E-state index contributed by atoms with van der Waals surface area (Å²) in [6.07, 6.45) is 1.59. The molecule has 0 aliphatic rings. The maximum absolute atomic E-state index is 12.3. The van der Waals surface area contributed by atoms with Crippen LogP contribution in [0.2, 0.25) is 0 Å². The maximum atomic E-state index is 12.3. The number of carbonyl (C=O) groups excluding carboxylic acids is 1. The number of carbonyl (C=O) groups is 1. The second-order valence-electron chi connectivity index (χ2n) is 4.47. The quantitative estimate of drug-likeness (QED) is 0.803. The van der Waals surface area contributed by atoms with Crippen LogP contribution in [-0.2, 0) is 0 Å². The van der Waals surface area contributed by atoms with Crippen molar-refractivity contribution in [2.75, 3.05) is 0 Å². The Balaban J connectivity index is 2.49.